The molecule has 0 atom stereocenters. The first-order valence-electron chi connectivity index (χ1n) is 9.22. The third-order valence-corrected chi connectivity index (χ3v) is 6.47. The highest BCUT2D eigenvalue weighted by Crippen LogP contribution is 2.42. The molecule has 144 valence electrons. The molecule has 0 bridgehead atoms. The first-order valence-corrected chi connectivity index (χ1v) is 11.1. The molecule has 0 aliphatic heterocycles. The molecule has 0 spiro atoms. The second-order valence-electron chi connectivity index (χ2n) is 7.35. The molecular formula is C22H21NO4S. The van der Waals surface area contributed by atoms with Gasteiger partial charge in [0.05, 0.1) is 16.7 Å². The van der Waals surface area contributed by atoms with Crippen LogP contribution in [-0.2, 0) is 16.3 Å². The molecule has 2 aromatic carbocycles. The number of sulfone groups is 1. The lowest BCUT2D eigenvalue weighted by Crippen LogP contribution is -2.08. The van der Waals surface area contributed by atoms with Crippen molar-refractivity contribution >= 4 is 15.6 Å². The minimum absolute atomic E-state index is 0.101. The van der Waals surface area contributed by atoms with Gasteiger partial charge in [0.2, 0.25) is 0 Å². The van der Waals surface area contributed by atoms with Crippen LogP contribution in [0.4, 0.5) is 0 Å². The lowest BCUT2D eigenvalue weighted by Gasteiger charge is -2.13. The zero-order chi connectivity index (χ0) is 19.9. The zero-order valence-electron chi connectivity index (χ0n) is 15.8. The predicted octanol–water partition coefficient (Wildman–Crippen LogP) is 4.09. The minimum atomic E-state index is -3.31. The molecule has 0 radical (unpaired) electrons. The summed E-state index contributed by atoms with van der Waals surface area (Å²) in [6.07, 6.45) is 5.23. The van der Waals surface area contributed by atoms with Gasteiger partial charge in [-0.2, -0.15) is 0 Å². The fraction of sp³-hybridized carbons (Fsp3) is 0.273. The highest BCUT2D eigenvalue weighted by Gasteiger charge is 2.33. The smallest absolute Gasteiger partial charge is 0.198 e. The molecule has 1 aromatic heterocycles. The summed E-state index contributed by atoms with van der Waals surface area (Å²) >= 11 is 0. The van der Waals surface area contributed by atoms with Gasteiger partial charge in [0, 0.05) is 17.7 Å². The van der Waals surface area contributed by atoms with Gasteiger partial charge >= 0.3 is 0 Å². The standard InChI is InChI=1S/C22H21NO4S/c1-14-16(7-5-9-20(14)28(2,25)26)12-17-6-3-4-8-18(17)21(24)19-13-23-27-22(19)15-10-11-15/h3-9,13,15H,10-12H2,1-2H3. The first kappa shape index (κ1) is 18.6. The molecule has 1 saturated carbocycles. The Labute approximate surface area is 164 Å². The molecule has 0 N–H and O–H groups in total. The average molecular weight is 395 g/mol. The maximum Gasteiger partial charge on any atom is 0.198 e. The van der Waals surface area contributed by atoms with E-state index in [2.05, 4.69) is 5.16 Å². The van der Waals surface area contributed by atoms with Crippen LogP contribution in [-0.4, -0.2) is 25.6 Å². The number of ketones is 1. The summed E-state index contributed by atoms with van der Waals surface area (Å²) in [5.74, 6) is 0.869. The summed E-state index contributed by atoms with van der Waals surface area (Å²) in [6, 6.07) is 12.7. The SMILES string of the molecule is Cc1c(Cc2ccccc2C(=O)c2cnoc2C2CC2)cccc1S(C)(=O)=O. The summed E-state index contributed by atoms with van der Waals surface area (Å²) < 4.78 is 29.4. The van der Waals surface area contributed by atoms with E-state index in [0.29, 0.717) is 34.1 Å². The first-order chi connectivity index (χ1) is 13.4. The van der Waals surface area contributed by atoms with Crippen LogP contribution in [0.25, 0.3) is 0 Å². The molecule has 4 rings (SSSR count). The Kier molecular flexibility index (Phi) is 4.67. The average Bonchev–Trinajstić information content (AvgIpc) is 3.39. The van der Waals surface area contributed by atoms with Crippen molar-refractivity contribution in [3.05, 3.63) is 82.2 Å². The maximum atomic E-state index is 13.2. The molecular weight excluding hydrogens is 374 g/mol. The van der Waals surface area contributed by atoms with E-state index in [0.717, 1.165) is 29.5 Å². The van der Waals surface area contributed by atoms with Gasteiger partial charge in [-0.3, -0.25) is 4.79 Å². The number of nitrogens with zero attached hydrogens (tertiary/aromatic N) is 1. The van der Waals surface area contributed by atoms with Gasteiger partial charge < -0.3 is 4.52 Å². The minimum Gasteiger partial charge on any atom is -0.360 e. The lowest BCUT2D eigenvalue weighted by molar-refractivity contribution is 0.103. The van der Waals surface area contributed by atoms with Crippen molar-refractivity contribution in [3.8, 4) is 0 Å². The van der Waals surface area contributed by atoms with Crippen molar-refractivity contribution in [2.75, 3.05) is 6.26 Å². The van der Waals surface area contributed by atoms with Gasteiger partial charge in [-0.15, -0.1) is 0 Å². The quantitative estimate of drug-likeness (QED) is 0.588. The van der Waals surface area contributed by atoms with E-state index >= 15 is 0 Å². The van der Waals surface area contributed by atoms with Gasteiger partial charge in [-0.1, -0.05) is 41.6 Å². The summed E-state index contributed by atoms with van der Waals surface area (Å²) in [6.45, 7) is 1.81. The molecule has 1 aliphatic rings. The van der Waals surface area contributed by atoms with E-state index < -0.39 is 9.84 Å². The van der Waals surface area contributed by atoms with E-state index in [1.165, 1.54) is 12.5 Å². The summed E-state index contributed by atoms with van der Waals surface area (Å²) in [4.78, 5) is 13.5. The van der Waals surface area contributed by atoms with Gasteiger partial charge in [0.25, 0.3) is 0 Å². The second-order valence-corrected chi connectivity index (χ2v) is 9.34. The zero-order valence-corrected chi connectivity index (χ0v) is 16.6. The van der Waals surface area contributed by atoms with E-state index in [1.807, 2.05) is 24.3 Å². The van der Waals surface area contributed by atoms with Crippen molar-refractivity contribution in [1.82, 2.24) is 5.16 Å². The Morgan fingerprint density at radius 1 is 1.07 bits per heavy atom. The van der Waals surface area contributed by atoms with Gasteiger partial charge in [-0.05, 0) is 48.9 Å². The normalized spacial score (nSPS) is 14.2. The van der Waals surface area contributed by atoms with E-state index in [9.17, 15) is 13.2 Å². The Morgan fingerprint density at radius 2 is 1.79 bits per heavy atom. The Morgan fingerprint density at radius 3 is 2.50 bits per heavy atom. The maximum absolute atomic E-state index is 13.2. The number of hydrogen-bond acceptors (Lipinski definition) is 5. The highest BCUT2D eigenvalue weighted by atomic mass is 32.2. The van der Waals surface area contributed by atoms with Crippen LogP contribution in [0.3, 0.4) is 0 Å². The van der Waals surface area contributed by atoms with Crippen LogP contribution in [0, 0.1) is 6.92 Å². The van der Waals surface area contributed by atoms with Gasteiger partial charge in [0.15, 0.2) is 21.4 Å². The Hall–Kier alpha value is -2.73. The topological polar surface area (TPSA) is 77.2 Å². The molecule has 3 aromatic rings. The number of carbonyl (C=O) groups is 1. The molecule has 1 aliphatic carbocycles. The second kappa shape index (κ2) is 7.02. The monoisotopic (exact) mass is 395 g/mol. The van der Waals surface area contributed by atoms with Crippen molar-refractivity contribution < 1.29 is 17.7 Å². The molecule has 0 amide bonds. The molecule has 5 nitrogen and oxygen atoms in total. The number of hydrogen-bond donors (Lipinski definition) is 0. The van der Waals surface area contributed by atoms with Crippen molar-refractivity contribution in [2.45, 2.75) is 37.0 Å². The van der Waals surface area contributed by atoms with Crippen molar-refractivity contribution in [1.29, 1.82) is 0 Å². The third kappa shape index (κ3) is 3.52. The Balaban J connectivity index is 1.72. The van der Waals surface area contributed by atoms with Crippen LogP contribution < -0.4 is 0 Å². The molecule has 6 heteroatoms. The molecule has 0 unspecified atom stereocenters. The van der Waals surface area contributed by atoms with E-state index in [1.54, 1.807) is 25.1 Å². The number of rotatable bonds is 6. The lowest BCUT2D eigenvalue weighted by atomic mass is 9.92. The summed E-state index contributed by atoms with van der Waals surface area (Å²) in [5.41, 5.74) is 3.57. The third-order valence-electron chi connectivity index (χ3n) is 5.23. The number of aromatic nitrogens is 1. The van der Waals surface area contributed by atoms with Crippen LogP contribution in [0.15, 0.2) is 58.1 Å². The molecule has 28 heavy (non-hydrogen) atoms. The highest BCUT2D eigenvalue weighted by molar-refractivity contribution is 7.90. The van der Waals surface area contributed by atoms with Crippen LogP contribution in [0.1, 0.15) is 57.1 Å². The molecule has 0 saturated heterocycles. The molecule has 1 heterocycles. The number of carbonyl (C=O) groups excluding carboxylic acids is 1. The van der Waals surface area contributed by atoms with E-state index in [-0.39, 0.29) is 5.78 Å². The fourth-order valence-electron chi connectivity index (χ4n) is 3.56. The van der Waals surface area contributed by atoms with Gasteiger partial charge in [-0.25, -0.2) is 8.42 Å². The molecule has 1 fully saturated rings. The van der Waals surface area contributed by atoms with Crippen LogP contribution in [0.5, 0.6) is 0 Å². The Bertz CT molecular complexity index is 1160. The van der Waals surface area contributed by atoms with E-state index in [4.69, 9.17) is 4.52 Å². The fourth-order valence-corrected chi connectivity index (χ4v) is 4.57. The van der Waals surface area contributed by atoms with Crippen molar-refractivity contribution in [2.24, 2.45) is 0 Å². The summed E-state index contributed by atoms with van der Waals surface area (Å²) in [5, 5.41) is 3.83. The van der Waals surface area contributed by atoms with Crippen LogP contribution in [0.2, 0.25) is 0 Å². The van der Waals surface area contributed by atoms with Crippen molar-refractivity contribution in [3.63, 3.8) is 0 Å². The summed E-state index contributed by atoms with van der Waals surface area (Å²) in [7, 11) is -3.31. The van der Waals surface area contributed by atoms with Gasteiger partial charge in [0.1, 0.15) is 0 Å². The predicted molar refractivity (Wildman–Crippen MR) is 105 cm³/mol. The largest absolute Gasteiger partial charge is 0.360 e. The van der Waals surface area contributed by atoms with Crippen LogP contribution >= 0.6 is 0 Å². The number of benzene rings is 2.